The van der Waals surface area contributed by atoms with Crippen LogP contribution in [0.5, 0.6) is 0 Å². The Labute approximate surface area is 146 Å². The van der Waals surface area contributed by atoms with Crippen LogP contribution in [0.3, 0.4) is 0 Å². The maximum absolute atomic E-state index is 14.1. The highest BCUT2D eigenvalue weighted by Gasteiger charge is 2.40. The zero-order chi connectivity index (χ0) is 17.3. The van der Waals surface area contributed by atoms with E-state index >= 15 is 0 Å². The molecule has 3 rings (SSSR count). The van der Waals surface area contributed by atoms with Gasteiger partial charge in [-0.1, -0.05) is 48.0 Å². The molecule has 0 spiro atoms. The van der Waals surface area contributed by atoms with Crippen LogP contribution >= 0.6 is 11.6 Å². The Bertz CT molecular complexity index is 809. The number of halogens is 2. The first kappa shape index (κ1) is 17.4. The molecule has 4 nitrogen and oxygen atoms in total. The third kappa shape index (κ3) is 3.07. The van der Waals surface area contributed by atoms with E-state index in [0.717, 1.165) is 11.6 Å². The van der Waals surface area contributed by atoms with E-state index in [-0.39, 0.29) is 29.9 Å². The first-order valence-electron chi connectivity index (χ1n) is 7.64. The van der Waals surface area contributed by atoms with E-state index in [2.05, 4.69) is 0 Å². The SMILES string of the molecule is NC[C@@H]1CN(S(=O)(=O)c2c(F)cccc2Cl)C[C@H]1c1ccccc1. The van der Waals surface area contributed by atoms with Crippen molar-refractivity contribution < 1.29 is 12.8 Å². The summed E-state index contributed by atoms with van der Waals surface area (Å²) in [6.07, 6.45) is 0. The van der Waals surface area contributed by atoms with Gasteiger partial charge in [-0.05, 0) is 30.2 Å². The van der Waals surface area contributed by atoms with Crippen LogP contribution < -0.4 is 5.73 Å². The van der Waals surface area contributed by atoms with Crippen LogP contribution in [0.4, 0.5) is 4.39 Å². The van der Waals surface area contributed by atoms with Crippen LogP contribution in [0.15, 0.2) is 53.4 Å². The van der Waals surface area contributed by atoms with E-state index in [0.29, 0.717) is 6.54 Å². The van der Waals surface area contributed by atoms with Crippen molar-refractivity contribution in [3.63, 3.8) is 0 Å². The molecule has 0 saturated carbocycles. The van der Waals surface area contributed by atoms with Crippen LogP contribution in [-0.4, -0.2) is 32.4 Å². The highest BCUT2D eigenvalue weighted by atomic mass is 35.5. The van der Waals surface area contributed by atoms with E-state index in [1.54, 1.807) is 0 Å². The summed E-state index contributed by atoms with van der Waals surface area (Å²) in [7, 11) is -4.01. The molecule has 1 aliphatic rings. The fourth-order valence-electron chi connectivity index (χ4n) is 3.20. The predicted molar refractivity (Wildman–Crippen MR) is 91.9 cm³/mol. The summed E-state index contributed by atoms with van der Waals surface area (Å²) < 4.78 is 41.1. The minimum atomic E-state index is -4.01. The van der Waals surface area contributed by atoms with Gasteiger partial charge in [0.05, 0.1) is 5.02 Å². The van der Waals surface area contributed by atoms with Crippen molar-refractivity contribution >= 4 is 21.6 Å². The minimum absolute atomic E-state index is 0.0171. The summed E-state index contributed by atoms with van der Waals surface area (Å²) in [4.78, 5) is -0.462. The molecule has 0 amide bonds. The molecule has 7 heteroatoms. The smallest absolute Gasteiger partial charge is 0.247 e. The quantitative estimate of drug-likeness (QED) is 0.902. The van der Waals surface area contributed by atoms with Gasteiger partial charge < -0.3 is 5.73 Å². The number of sulfonamides is 1. The number of nitrogens with zero attached hydrogens (tertiary/aromatic N) is 1. The van der Waals surface area contributed by atoms with Gasteiger partial charge in [0.25, 0.3) is 0 Å². The van der Waals surface area contributed by atoms with E-state index in [9.17, 15) is 12.8 Å². The summed E-state index contributed by atoms with van der Waals surface area (Å²) in [6.45, 7) is 0.874. The Morgan fingerprint density at radius 3 is 2.46 bits per heavy atom. The molecular weight excluding hydrogens is 351 g/mol. The summed E-state index contributed by atoms with van der Waals surface area (Å²) >= 11 is 5.95. The van der Waals surface area contributed by atoms with E-state index in [1.807, 2.05) is 30.3 Å². The molecule has 128 valence electrons. The molecular formula is C17H18ClFN2O2S. The standard InChI is InChI=1S/C17H18ClFN2O2S/c18-15-7-4-8-16(19)17(15)24(22,23)21-10-13(9-20)14(11-21)12-5-2-1-3-6-12/h1-8,13-14H,9-11,20H2/t13-,14+/m1/s1. The average molecular weight is 369 g/mol. The first-order valence-corrected chi connectivity index (χ1v) is 9.46. The molecule has 0 radical (unpaired) electrons. The third-order valence-corrected chi connectivity index (χ3v) is 6.79. The van der Waals surface area contributed by atoms with Gasteiger partial charge in [0.2, 0.25) is 10.0 Å². The van der Waals surface area contributed by atoms with Crippen LogP contribution in [-0.2, 0) is 10.0 Å². The number of hydrogen-bond donors (Lipinski definition) is 1. The van der Waals surface area contributed by atoms with Gasteiger partial charge in [0.1, 0.15) is 10.7 Å². The lowest BCUT2D eigenvalue weighted by Crippen LogP contribution is -2.30. The highest BCUT2D eigenvalue weighted by molar-refractivity contribution is 7.89. The van der Waals surface area contributed by atoms with Crippen LogP contribution in [0.1, 0.15) is 11.5 Å². The summed E-state index contributed by atoms with van der Waals surface area (Å²) in [5.41, 5.74) is 6.88. The molecule has 1 fully saturated rings. The summed E-state index contributed by atoms with van der Waals surface area (Å²) in [5, 5.41) is -0.109. The summed E-state index contributed by atoms with van der Waals surface area (Å²) in [5.74, 6) is -0.876. The number of rotatable bonds is 4. The van der Waals surface area contributed by atoms with Gasteiger partial charge in [-0.25, -0.2) is 12.8 Å². The summed E-state index contributed by atoms with van der Waals surface area (Å²) in [6, 6.07) is 13.5. The molecule has 2 aromatic carbocycles. The predicted octanol–water partition coefficient (Wildman–Crippen LogP) is 2.84. The second kappa shape index (κ2) is 6.80. The van der Waals surface area contributed by atoms with Crippen molar-refractivity contribution in [1.29, 1.82) is 0 Å². The topological polar surface area (TPSA) is 63.4 Å². The van der Waals surface area contributed by atoms with Crippen molar-refractivity contribution in [3.05, 3.63) is 64.9 Å². The van der Waals surface area contributed by atoms with Crippen molar-refractivity contribution in [3.8, 4) is 0 Å². The lowest BCUT2D eigenvalue weighted by molar-refractivity contribution is 0.453. The van der Waals surface area contributed by atoms with E-state index in [4.69, 9.17) is 17.3 Å². The normalized spacial score (nSPS) is 22.0. The van der Waals surface area contributed by atoms with Crippen molar-refractivity contribution in [1.82, 2.24) is 4.31 Å². The second-order valence-corrected chi connectivity index (χ2v) is 8.17. The van der Waals surface area contributed by atoms with Crippen LogP contribution in [0, 0.1) is 11.7 Å². The monoisotopic (exact) mass is 368 g/mol. The molecule has 2 N–H and O–H groups in total. The molecule has 24 heavy (non-hydrogen) atoms. The average Bonchev–Trinajstić information content (AvgIpc) is 3.00. The Morgan fingerprint density at radius 2 is 1.83 bits per heavy atom. The largest absolute Gasteiger partial charge is 0.330 e. The molecule has 0 aliphatic carbocycles. The molecule has 0 unspecified atom stereocenters. The zero-order valence-corrected chi connectivity index (χ0v) is 14.5. The van der Waals surface area contributed by atoms with E-state index in [1.165, 1.54) is 16.4 Å². The van der Waals surface area contributed by atoms with Crippen LogP contribution in [0.2, 0.25) is 5.02 Å². The Morgan fingerprint density at radius 1 is 1.12 bits per heavy atom. The van der Waals surface area contributed by atoms with Gasteiger partial charge in [-0.2, -0.15) is 4.31 Å². The zero-order valence-electron chi connectivity index (χ0n) is 12.9. The Kier molecular flexibility index (Phi) is 4.92. The van der Waals surface area contributed by atoms with Crippen molar-refractivity contribution in [2.24, 2.45) is 11.7 Å². The third-order valence-electron chi connectivity index (χ3n) is 4.45. The fraction of sp³-hybridized carbons (Fsp3) is 0.294. The molecule has 2 atom stereocenters. The van der Waals surface area contributed by atoms with Gasteiger partial charge in [-0.15, -0.1) is 0 Å². The van der Waals surface area contributed by atoms with Crippen LogP contribution in [0.25, 0.3) is 0 Å². The minimum Gasteiger partial charge on any atom is -0.330 e. The Hall–Kier alpha value is -1.47. The molecule has 2 aromatic rings. The molecule has 1 heterocycles. The number of hydrogen-bond acceptors (Lipinski definition) is 3. The molecule has 1 aliphatic heterocycles. The number of benzene rings is 2. The second-order valence-electron chi connectivity index (χ2n) is 5.89. The van der Waals surface area contributed by atoms with Crippen molar-refractivity contribution in [2.45, 2.75) is 10.8 Å². The van der Waals surface area contributed by atoms with Gasteiger partial charge in [-0.3, -0.25) is 0 Å². The van der Waals surface area contributed by atoms with Crippen molar-refractivity contribution in [2.75, 3.05) is 19.6 Å². The number of nitrogens with two attached hydrogens (primary N) is 1. The maximum Gasteiger partial charge on any atom is 0.247 e. The first-order chi connectivity index (χ1) is 11.4. The van der Waals surface area contributed by atoms with Gasteiger partial charge in [0.15, 0.2) is 0 Å². The lowest BCUT2D eigenvalue weighted by atomic mass is 9.89. The lowest BCUT2D eigenvalue weighted by Gasteiger charge is -2.18. The molecule has 0 aromatic heterocycles. The maximum atomic E-state index is 14.1. The Balaban J connectivity index is 1.96. The van der Waals surface area contributed by atoms with E-state index < -0.39 is 20.7 Å². The van der Waals surface area contributed by atoms with Gasteiger partial charge >= 0.3 is 0 Å². The molecule has 0 bridgehead atoms. The van der Waals surface area contributed by atoms with Gasteiger partial charge in [0, 0.05) is 19.0 Å². The fourth-order valence-corrected chi connectivity index (χ4v) is 5.29. The molecule has 1 saturated heterocycles. The highest BCUT2D eigenvalue weighted by Crippen LogP contribution is 2.37.